The molecule has 0 saturated heterocycles. The van der Waals surface area contributed by atoms with E-state index in [9.17, 15) is 13.2 Å². The molecule has 0 radical (unpaired) electrons. The Labute approximate surface area is 62.8 Å². The van der Waals surface area contributed by atoms with Crippen LogP contribution in [0.5, 0.6) is 0 Å². The Morgan fingerprint density at radius 1 is 1.18 bits per heavy atom. The van der Waals surface area contributed by atoms with E-state index >= 15 is 0 Å². The number of hydrogen-bond acceptors (Lipinski definition) is 1. The number of hydrogen-bond donors (Lipinski definition) is 1. The van der Waals surface area contributed by atoms with Gasteiger partial charge in [0.1, 0.15) is 0 Å². The Morgan fingerprint density at radius 2 is 1.64 bits per heavy atom. The largest absolute Gasteiger partial charge is 0.389 e. The van der Waals surface area contributed by atoms with Gasteiger partial charge in [-0.1, -0.05) is 0 Å². The van der Waals surface area contributed by atoms with Crippen molar-refractivity contribution in [2.24, 2.45) is 11.1 Å². The first kappa shape index (κ1) is 7.40. The van der Waals surface area contributed by atoms with Gasteiger partial charge < -0.3 is 5.73 Å². The molecule has 0 aliphatic heterocycles. The highest BCUT2D eigenvalue weighted by molar-refractivity contribution is 5.21. The van der Waals surface area contributed by atoms with E-state index in [0.717, 1.165) is 0 Å². The van der Waals surface area contributed by atoms with Crippen LogP contribution in [0, 0.1) is 5.41 Å². The van der Waals surface area contributed by atoms with E-state index in [0.29, 0.717) is 19.3 Å². The second kappa shape index (κ2) is 1.58. The minimum absolute atomic E-state index is 0.203. The molecule has 3 fully saturated rings. The van der Waals surface area contributed by atoms with Crippen molar-refractivity contribution >= 4 is 0 Å². The zero-order chi connectivity index (χ0) is 8.33. The number of rotatable bonds is 1. The summed E-state index contributed by atoms with van der Waals surface area (Å²) in [6, 6.07) is 0. The summed E-state index contributed by atoms with van der Waals surface area (Å²) in [6.07, 6.45) is -2.88. The van der Waals surface area contributed by atoms with Crippen LogP contribution in [0.1, 0.15) is 25.7 Å². The van der Waals surface area contributed by atoms with Crippen molar-refractivity contribution in [1.82, 2.24) is 0 Å². The highest BCUT2D eigenvalue weighted by Gasteiger charge is 2.68. The molecule has 3 aliphatic rings. The quantitative estimate of drug-likeness (QED) is 0.630. The average Bonchev–Trinajstić information content (AvgIpc) is 1.53. The predicted molar refractivity (Wildman–Crippen MR) is 33.9 cm³/mol. The number of alkyl halides is 3. The van der Waals surface area contributed by atoms with E-state index in [2.05, 4.69) is 0 Å². The monoisotopic (exact) mass is 165 g/mol. The smallest absolute Gasteiger partial charge is 0.325 e. The van der Waals surface area contributed by atoms with Crippen LogP contribution in [0.3, 0.4) is 0 Å². The predicted octanol–water partition coefficient (Wildman–Crippen LogP) is 1.82. The molecule has 0 spiro atoms. The standard InChI is InChI=1S/C7H10F3N/c8-7(9,10)4-5-1-6(11,2-5)3-5/h1-4,11H2. The van der Waals surface area contributed by atoms with Gasteiger partial charge in [-0.25, -0.2) is 0 Å². The molecule has 0 unspecified atom stereocenters. The Hall–Kier alpha value is -0.250. The molecule has 11 heavy (non-hydrogen) atoms. The molecule has 64 valence electrons. The van der Waals surface area contributed by atoms with Gasteiger partial charge in [-0.2, -0.15) is 13.2 Å². The summed E-state index contributed by atoms with van der Waals surface area (Å²) in [7, 11) is 0. The van der Waals surface area contributed by atoms with Gasteiger partial charge in [0.2, 0.25) is 0 Å². The van der Waals surface area contributed by atoms with Gasteiger partial charge in [0.25, 0.3) is 0 Å². The molecule has 0 aromatic carbocycles. The molecular formula is C7H10F3N. The summed E-state index contributed by atoms with van der Waals surface area (Å²) in [4.78, 5) is 0. The topological polar surface area (TPSA) is 26.0 Å². The second-order valence-corrected chi connectivity index (χ2v) is 4.18. The summed E-state index contributed by atoms with van der Waals surface area (Å²) in [5.74, 6) is 0. The zero-order valence-electron chi connectivity index (χ0n) is 6.04. The van der Waals surface area contributed by atoms with Crippen LogP contribution in [0.2, 0.25) is 0 Å². The summed E-state index contributed by atoms with van der Waals surface area (Å²) in [5.41, 5.74) is 4.98. The highest BCUT2D eigenvalue weighted by atomic mass is 19.4. The molecule has 0 atom stereocenters. The van der Waals surface area contributed by atoms with Crippen molar-refractivity contribution in [2.45, 2.75) is 37.4 Å². The van der Waals surface area contributed by atoms with Crippen LogP contribution >= 0.6 is 0 Å². The third kappa shape index (κ3) is 1.04. The first-order valence-corrected chi connectivity index (χ1v) is 3.68. The van der Waals surface area contributed by atoms with Gasteiger partial charge >= 0.3 is 6.18 Å². The van der Waals surface area contributed by atoms with Gasteiger partial charge in [0.15, 0.2) is 0 Å². The van der Waals surface area contributed by atoms with Crippen LogP contribution < -0.4 is 5.73 Å². The molecule has 4 heteroatoms. The highest BCUT2D eigenvalue weighted by Crippen LogP contribution is 2.69. The van der Waals surface area contributed by atoms with E-state index in [1.54, 1.807) is 0 Å². The molecule has 1 nitrogen and oxygen atoms in total. The van der Waals surface area contributed by atoms with Gasteiger partial charge in [-0.15, -0.1) is 0 Å². The molecule has 0 aromatic heterocycles. The molecule has 0 heterocycles. The lowest BCUT2D eigenvalue weighted by Gasteiger charge is -2.69. The van der Waals surface area contributed by atoms with Gasteiger partial charge in [0.05, 0.1) is 0 Å². The fourth-order valence-electron chi connectivity index (χ4n) is 2.70. The van der Waals surface area contributed by atoms with E-state index in [4.69, 9.17) is 5.73 Å². The van der Waals surface area contributed by atoms with Gasteiger partial charge in [0, 0.05) is 12.0 Å². The van der Waals surface area contributed by atoms with Gasteiger partial charge in [-0.05, 0) is 24.7 Å². The summed E-state index contributed by atoms with van der Waals surface area (Å²) < 4.78 is 35.6. The van der Waals surface area contributed by atoms with E-state index in [1.165, 1.54) is 0 Å². The lowest BCUT2D eigenvalue weighted by atomic mass is 9.39. The zero-order valence-corrected chi connectivity index (χ0v) is 6.04. The fraction of sp³-hybridized carbons (Fsp3) is 1.00. The average molecular weight is 165 g/mol. The summed E-state index contributed by atoms with van der Waals surface area (Å²) in [5, 5.41) is 0. The Balaban J connectivity index is 1.91. The Kier molecular flexibility index (Phi) is 1.06. The molecule has 3 saturated carbocycles. The minimum atomic E-state index is -4.00. The maximum Gasteiger partial charge on any atom is 0.389 e. The normalized spacial score (nSPS) is 48.0. The third-order valence-electron chi connectivity index (χ3n) is 2.76. The van der Waals surface area contributed by atoms with Gasteiger partial charge in [-0.3, -0.25) is 0 Å². The fourth-order valence-corrected chi connectivity index (χ4v) is 2.70. The maximum atomic E-state index is 11.9. The Morgan fingerprint density at radius 3 is 1.91 bits per heavy atom. The maximum absolute atomic E-state index is 11.9. The van der Waals surface area contributed by atoms with Crippen LogP contribution in [-0.2, 0) is 0 Å². The van der Waals surface area contributed by atoms with Crippen LogP contribution in [0.15, 0.2) is 0 Å². The van der Waals surface area contributed by atoms with Crippen molar-refractivity contribution < 1.29 is 13.2 Å². The summed E-state index contributed by atoms with van der Waals surface area (Å²) in [6.45, 7) is 0. The van der Waals surface area contributed by atoms with E-state index in [-0.39, 0.29) is 5.54 Å². The molecule has 3 aliphatic carbocycles. The lowest BCUT2D eigenvalue weighted by molar-refractivity contribution is -0.228. The second-order valence-electron chi connectivity index (χ2n) is 4.18. The molecular weight excluding hydrogens is 155 g/mol. The number of halogens is 3. The van der Waals surface area contributed by atoms with Crippen LogP contribution in [-0.4, -0.2) is 11.7 Å². The van der Waals surface area contributed by atoms with Crippen molar-refractivity contribution in [2.75, 3.05) is 0 Å². The molecule has 0 amide bonds. The van der Waals surface area contributed by atoms with Crippen LogP contribution in [0.25, 0.3) is 0 Å². The van der Waals surface area contributed by atoms with Crippen molar-refractivity contribution in [1.29, 1.82) is 0 Å². The van der Waals surface area contributed by atoms with Crippen LogP contribution in [0.4, 0.5) is 13.2 Å². The van der Waals surface area contributed by atoms with E-state index < -0.39 is 18.0 Å². The van der Waals surface area contributed by atoms with Crippen molar-refractivity contribution in [3.8, 4) is 0 Å². The third-order valence-corrected chi connectivity index (χ3v) is 2.76. The minimum Gasteiger partial charge on any atom is -0.325 e. The molecule has 2 N–H and O–H groups in total. The first-order chi connectivity index (χ1) is 4.83. The first-order valence-electron chi connectivity index (χ1n) is 3.68. The molecule has 0 aromatic rings. The molecule has 2 bridgehead atoms. The van der Waals surface area contributed by atoms with E-state index in [1.807, 2.05) is 0 Å². The molecule has 3 rings (SSSR count). The lowest BCUT2D eigenvalue weighted by Crippen LogP contribution is -2.72. The Bertz CT molecular complexity index is 177. The van der Waals surface area contributed by atoms with Crippen molar-refractivity contribution in [3.05, 3.63) is 0 Å². The van der Waals surface area contributed by atoms with Crippen molar-refractivity contribution in [3.63, 3.8) is 0 Å². The summed E-state index contributed by atoms with van der Waals surface area (Å²) >= 11 is 0. The SMILES string of the molecule is NC12CC(CC(F)(F)F)(C1)C2. The number of nitrogens with two attached hydrogens (primary N) is 1.